The lowest BCUT2D eigenvalue weighted by Crippen LogP contribution is -2.37. The van der Waals surface area contributed by atoms with Crippen molar-refractivity contribution in [2.45, 2.75) is 82.8 Å². The molecule has 22 heavy (non-hydrogen) atoms. The zero-order chi connectivity index (χ0) is 16.2. The van der Waals surface area contributed by atoms with Crippen molar-refractivity contribution in [1.29, 1.82) is 0 Å². The third-order valence-electron chi connectivity index (χ3n) is 4.20. The van der Waals surface area contributed by atoms with E-state index in [-0.39, 0.29) is 24.4 Å². The Labute approximate surface area is 133 Å². The minimum Gasteiger partial charge on any atom is -0.388 e. The van der Waals surface area contributed by atoms with Crippen molar-refractivity contribution in [2.24, 2.45) is 0 Å². The highest BCUT2D eigenvalue weighted by Gasteiger charge is 2.46. The SMILES string of the molecule is C=CC[C@@H]1O[C@H](C[C@@H]2COC(C)(C)O2)[C@H](OCCCC)[C@H]1O. The summed E-state index contributed by atoms with van der Waals surface area (Å²) >= 11 is 0. The van der Waals surface area contributed by atoms with Gasteiger partial charge in [0.05, 0.1) is 24.9 Å². The van der Waals surface area contributed by atoms with E-state index in [2.05, 4.69) is 13.5 Å². The van der Waals surface area contributed by atoms with Crippen LogP contribution in [0.25, 0.3) is 0 Å². The van der Waals surface area contributed by atoms with Gasteiger partial charge in [-0.1, -0.05) is 19.4 Å². The van der Waals surface area contributed by atoms with Gasteiger partial charge in [-0.2, -0.15) is 0 Å². The second-order valence-corrected chi connectivity index (χ2v) is 6.60. The molecule has 0 aliphatic carbocycles. The highest BCUT2D eigenvalue weighted by Crippen LogP contribution is 2.33. The molecule has 0 amide bonds. The van der Waals surface area contributed by atoms with E-state index in [4.69, 9.17) is 18.9 Å². The predicted molar refractivity (Wildman–Crippen MR) is 83.7 cm³/mol. The lowest BCUT2D eigenvalue weighted by atomic mass is 10.0. The summed E-state index contributed by atoms with van der Waals surface area (Å²) < 4.78 is 23.4. The van der Waals surface area contributed by atoms with Gasteiger partial charge in [-0.25, -0.2) is 0 Å². The standard InChI is InChI=1S/C17H30O5/c1-5-7-9-19-16-14(21-13(8-6-2)15(16)18)10-12-11-20-17(3,4)22-12/h6,12-16,18H,2,5,7-11H2,1,3-4H3/t12-,13+,14-,15+,16+/m1/s1. The number of hydrogen-bond donors (Lipinski definition) is 1. The quantitative estimate of drug-likeness (QED) is 0.551. The van der Waals surface area contributed by atoms with Crippen LogP contribution in [0.2, 0.25) is 0 Å². The summed E-state index contributed by atoms with van der Waals surface area (Å²) in [4.78, 5) is 0. The smallest absolute Gasteiger partial charge is 0.163 e. The van der Waals surface area contributed by atoms with Gasteiger partial charge in [-0.15, -0.1) is 6.58 Å². The van der Waals surface area contributed by atoms with Crippen molar-refractivity contribution in [2.75, 3.05) is 13.2 Å². The van der Waals surface area contributed by atoms with Crippen LogP contribution in [0.5, 0.6) is 0 Å². The van der Waals surface area contributed by atoms with Crippen LogP contribution < -0.4 is 0 Å². The van der Waals surface area contributed by atoms with Gasteiger partial charge in [-0.05, 0) is 26.7 Å². The van der Waals surface area contributed by atoms with E-state index in [9.17, 15) is 5.11 Å². The number of ether oxygens (including phenoxy) is 4. The van der Waals surface area contributed by atoms with Gasteiger partial charge in [0.15, 0.2) is 5.79 Å². The molecule has 2 saturated heterocycles. The van der Waals surface area contributed by atoms with E-state index in [1.807, 2.05) is 13.8 Å². The van der Waals surface area contributed by atoms with Gasteiger partial charge in [0.1, 0.15) is 12.2 Å². The van der Waals surface area contributed by atoms with Crippen molar-refractivity contribution in [3.8, 4) is 0 Å². The van der Waals surface area contributed by atoms with Crippen LogP contribution in [0.1, 0.15) is 46.5 Å². The maximum absolute atomic E-state index is 10.5. The van der Waals surface area contributed by atoms with Crippen molar-refractivity contribution < 1.29 is 24.1 Å². The molecular formula is C17H30O5. The van der Waals surface area contributed by atoms with Gasteiger partial charge in [0.2, 0.25) is 0 Å². The van der Waals surface area contributed by atoms with Crippen LogP contribution in [0.3, 0.4) is 0 Å². The maximum Gasteiger partial charge on any atom is 0.163 e. The van der Waals surface area contributed by atoms with E-state index in [0.717, 1.165) is 12.8 Å². The number of unbranched alkanes of at least 4 members (excludes halogenated alkanes) is 1. The maximum atomic E-state index is 10.5. The normalized spacial score (nSPS) is 37.5. The summed E-state index contributed by atoms with van der Waals surface area (Å²) in [5.74, 6) is -0.541. The van der Waals surface area contributed by atoms with E-state index in [1.54, 1.807) is 6.08 Å². The summed E-state index contributed by atoms with van der Waals surface area (Å²) in [7, 11) is 0. The van der Waals surface area contributed by atoms with Crippen LogP contribution in [0, 0.1) is 0 Å². The molecule has 0 radical (unpaired) electrons. The molecule has 1 N–H and O–H groups in total. The molecular weight excluding hydrogens is 284 g/mol. The third kappa shape index (κ3) is 4.52. The Morgan fingerprint density at radius 1 is 1.36 bits per heavy atom. The lowest BCUT2D eigenvalue weighted by Gasteiger charge is -2.23. The number of hydrogen-bond acceptors (Lipinski definition) is 5. The summed E-state index contributed by atoms with van der Waals surface area (Å²) in [5, 5.41) is 10.5. The molecule has 0 aromatic rings. The Morgan fingerprint density at radius 3 is 2.73 bits per heavy atom. The number of rotatable bonds is 8. The highest BCUT2D eigenvalue weighted by molar-refractivity contribution is 4.96. The Bertz CT molecular complexity index is 357. The molecule has 0 bridgehead atoms. The molecule has 2 rings (SSSR count). The van der Waals surface area contributed by atoms with Crippen molar-refractivity contribution >= 4 is 0 Å². The molecule has 2 aliphatic heterocycles. The van der Waals surface area contributed by atoms with Crippen LogP contribution in [-0.4, -0.2) is 54.6 Å². The van der Waals surface area contributed by atoms with Crippen LogP contribution in [0.4, 0.5) is 0 Å². The first-order valence-corrected chi connectivity index (χ1v) is 8.34. The van der Waals surface area contributed by atoms with Crippen molar-refractivity contribution in [1.82, 2.24) is 0 Å². The van der Waals surface area contributed by atoms with Crippen LogP contribution >= 0.6 is 0 Å². The Morgan fingerprint density at radius 2 is 2.14 bits per heavy atom. The predicted octanol–water partition coefficient (Wildman–Crippen LogP) is 2.42. The molecule has 2 aliphatic rings. The average Bonchev–Trinajstić information content (AvgIpc) is 2.94. The molecule has 0 unspecified atom stereocenters. The fourth-order valence-electron chi connectivity index (χ4n) is 3.07. The lowest BCUT2D eigenvalue weighted by molar-refractivity contribution is -0.144. The van der Waals surface area contributed by atoms with Crippen molar-refractivity contribution in [3.05, 3.63) is 12.7 Å². The Kier molecular flexibility index (Phi) is 6.41. The fourth-order valence-corrected chi connectivity index (χ4v) is 3.07. The second kappa shape index (κ2) is 7.88. The molecule has 0 spiro atoms. The van der Waals surface area contributed by atoms with Gasteiger partial charge in [0, 0.05) is 13.0 Å². The van der Waals surface area contributed by atoms with E-state index in [1.165, 1.54) is 0 Å². The largest absolute Gasteiger partial charge is 0.388 e. The summed E-state index contributed by atoms with van der Waals surface area (Å²) in [6, 6.07) is 0. The van der Waals surface area contributed by atoms with E-state index in [0.29, 0.717) is 26.1 Å². The van der Waals surface area contributed by atoms with Crippen LogP contribution in [-0.2, 0) is 18.9 Å². The topological polar surface area (TPSA) is 57.2 Å². The summed E-state index contributed by atoms with van der Waals surface area (Å²) in [5.41, 5.74) is 0. The first-order chi connectivity index (χ1) is 10.5. The Balaban J connectivity index is 1.94. The summed E-state index contributed by atoms with van der Waals surface area (Å²) in [6.45, 7) is 10.9. The van der Waals surface area contributed by atoms with E-state index < -0.39 is 11.9 Å². The van der Waals surface area contributed by atoms with Crippen LogP contribution in [0.15, 0.2) is 12.7 Å². The molecule has 2 heterocycles. The first kappa shape index (κ1) is 17.9. The van der Waals surface area contributed by atoms with E-state index >= 15 is 0 Å². The minimum atomic E-state index is -0.616. The van der Waals surface area contributed by atoms with Gasteiger partial charge in [0.25, 0.3) is 0 Å². The summed E-state index contributed by atoms with van der Waals surface area (Å²) in [6.07, 6.45) is 3.77. The number of aliphatic hydroxyl groups is 1. The monoisotopic (exact) mass is 314 g/mol. The minimum absolute atomic E-state index is 0.0213. The van der Waals surface area contributed by atoms with Gasteiger partial charge in [-0.3, -0.25) is 0 Å². The zero-order valence-corrected chi connectivity index (χ0v) is 14.0. The Hall–Kier alpha value is -0.460. The molecule has 5 heteroatoms. The number of aliphatic hydroxyl groups excluding tert-OH is 1. The molecule has 0 saturated carbocycles. The zero-order valence-electron chi connectivity index (χ0n) is 14.0. The van der Waals surface area contributed by atoms with Gasteiger partial charge < -0.3 is 24.1 Å². The fraction of sp³-hybridized carbons (Fsp3) is 0.882. The molecule has 2 fully saturated rings. The molecule has 5 nitrogen and oxygen atoms in total. The molecule has 5 atom stereocenters. The third-order valence-corrected chi connectivity index (χ3v) is 4.20. The highest BCUT2D eigenvalue weighted by atomic mass is 16.7. The molecule has 128 valence electrons. The molecule has 0 aromatic heterocycles. The van der Waals surface area contributed by atoms with Gasteiger partial charge >= 0.3 is 0 Å². The van der Waals surface area contributed by atoms with Crippen molar-refractivity contribution in [3.63, 3.8) is 0 Å². The average molecular weight is 314 g/mol. The molecule has 0 aromatic carbocycles. The first-order valence-electron chi connectivity index (χ1n) is 8.34. The second-order valence-electron chi connectivity index (χ2n) is 6.60.